The molecule has 0 atom stereocenters. The molecule has 0 spiro atoms. The SMILES string of the molecule is [2H]c1c([2H])c([2H])c(-c2cccc3oc4ccc(-n5c6c([2H])c([2H])c([2H])c([2H])c6c6c([2H])c(-c7ccc8c(c7)c7ccccc7n8-c7ccccc7)c([2H])c([2H])c65)cc4c23)c([2H])c1[2H]. The molecule has 51 heavy (non-hydrogen) atoms. The van der Waals surface area contributed by atoms with Gasteiger partial charge in [0.1, 0.15) is 11.2 Å². The van der Waals surface area contributed by atoms with Crippen LogP contribution in [0.25, 0.3) is 99.2 Å². The van der Waals surface area contributed by atoms with Gasteiger partial charge < -0.3 is 13.6 Å². The molecule has 3 nitrogen and oxygen atoms in total. The molecule has 0 radical (unpaired) electrons. The summed E-state index contributed by atoms with van der Waals surface area (Å²) in [5.74, 6) is 0. The average molecular weight is 663 g/mol. The van der Waals surface area contributed by atoms with Crippen LogP contribution in [0, 0.1) is 0 Å². The van der Waals surface area contributed by atoms with Crippen LogP contribution in [0.4, 0.5) is 0 Å². The Kier molecular flexibility index (Phi) is 3.99. The van der Waals surface area contributed by atoms with Gasteiger partial charge >= 0.3 is 0 Å². The number of hydrogen-bond donors (Lipinski definition) is 0. The zero-order chi connectivity index (χ0) is 43.9. The van der Waals surface area contributed by atoms with E-state index in [1.165, 1.54) is 4.57 Å². The molecular formula is C48H30N2O. The van der Waals surface area contributed by atoms with Gasteiger partial charge in [-0.25, -0.2) is 0 Å². The van der Waals surface area contributed by atoms with Crippen molar-refractivity contribution in [2.24, 2.45) is 0 Å². The normalized spacial score (nSPS) is 15.2. The molecule has 0 amide bonds. The molecule has 8 aromatic carbocycles. The average Bonchev–Trinajstić information content (AvgIpc) is 3.97. The Morgan fingerprint density at radius 2 is 1.20 bits per heavy atom. The van der Waals surface area contributed by atoms with E-state index < -0.39 is 42.3 Å². The molecule has 0 fully saturated rings. The first-order valence-corrected chi connectivity index (χ1v) is 16.5. The number of para-hydroxylation sites is 3. The fourth-order valence-electron chi connectivity index (χ4n) is 7.45. The van der Waals surface area contributed by atoms with E-state index in [4.69, 9.17) is 14.0 Å². The van der Waals surface area contributed by atoms with Crippen molar-refractivity contribution >= 4 is 65.6 Å². The lowest BCUT2D eigenvalue weighted by atomic mass is 9.99. The highest BCUT2D eigenvalue weighted by Crippen LogP contribution is 2.41. The maximum Gasteiger partial charge on any atom is 0.136 e. The van der Waals surface area contributed by atoms with Crippen LogP contribution in [0.5, 0.6) is 0 Å². The van der Waals surface area contributed by atoms with Gasteiger partial charge in [-0.05, 0) is 95.0 Å². The Labute approximate surface area is 310 Å². The highest BCUT2D eigenvalue weighted by atomic mass is 16.3. The van der Waals surface area contributed by atoms with E-state index in [0.717, 1.165) is 27.5 Å². The largest absolute Gasteiger partial charge is 0.456 e. The van der Waals surface area contributed by atoms with Crippen molar-refractivity contribution < 1.29 is 20.9 Å². The van der Waals surface area contributed by atoms with Crippen LogP contribution in [0.15, 0.2) is 186 Å². The third-order valence-corrected chi connectivity index (χ3v) is 9.64. The van der Waals surface area contributed by atoms with Crippen molar-refractivity contribution in [3.63, 3.8) is 0 Å². The Bertz CT molecular complexity index is 3800. The van der Waals surface area contributed by atoms with E-state index in [9.17, 15) is 6.85 Å². The summed E-state index contributed by atoms with van der Waals surface area (Å²) in [5.41, 5.74) is 4.88. The number of fused-ring (bicyclic) bond motifs is 9. The lowest BCUT2D eigenvalue weighted by molar-refractivity contribution is 0.669. The predicted molar refractivity (Wildman–Crippen MR) is 213 cm³/mol. The molecule has 0 saturated heterocycles. The van der Waals surface area contributed by atoms with Gasteiger partial charge in [0.15, 0.2) is 0 Å². The van der Waals surface area contributed by atoms with E-state index in [1.807, 2.05) is 72.8 Å². The first-order valence-electron chi connectivity index (χ1n) is 22.5. The van der Waals surface area contributed by atoms with E-state index in [0.29, 0.717) is 38.8 Å². The third kappa shape index (κ3) is 4.19. The summed E-state index contributed by atoms with van der Waals surface area (Å²) in [5, 5.41) is 2.82. The molecule has 3 heteroatoms. The molecule has 0 saturated carbocycles. The molecule has 0 N–H and O–H groups in total. The lowest BCUT2D eigenvalue weighted by Crippen LogP contribution is -1.93. The number of furan rings is 1. The van der Waals surface area contributed by atoms with Gasteiger partial charge in [0.05, 0.1) is 38.5 Å². The van der Waals surface area contributed by atoms with Crippen LogP contribution in [0.2, 0.25) is 0 Å². The molecule has 0 bridgehead atoms. The summed E-state index contributed by atoms with van der Waals surface area (Å²) < 4.78 is 117. The zero-order valence-electron chi connectivity index (χ0n) is 38.7. The molecule has 0 aliphatic carbocycles. The number of nitrogens with zero attached hydrogens (tertiary/aromatic N) is 2. The number of rotatable bonds is 4. The quantitative estimate of drug-likeness (QED) is 0.184. The van der Waals surface area contributed by atoms with Gasteiger partial charge in [-0.15, -0.1) is 0 Å². The van der Waals surface area contributed by atoms with Gasteiger partial charge in [-0.1, -0.05) is 109 Å². The molecule has 3 heterocycles. The fourth-order valence-corrected chi connectivity index (χ4v) is 7.45. The first-order chi connectivity index (χ1) is 30.3. The second-order valence-corrected chi connectivity index (χ2v) is 12.4. The Morgan fingerprint density at radius 1 is 0.412 bits per heavy atom. The molecule has 0 aliphatic rings. The van der Waals surface area contributed by atoms with Gasteiger partial charge in [0, 0.05) is 43.7 Å². The maximum atomic E-state index is 9.83. The van der Waals surface area contributed by atoms with Crippen LogP contribution in [0.1, 0.15) is 16.4 Å². The molecule has 0 aliphatic heterocycles. The van der Waals surface area contributed by atoms with Crippen molar-refractivity contribution in [2.75, 3.05) is 0 Å². The second kappa shape index (κ2) is 10.8. The standard InChI is InChI=1S/C48H30N2O/c1-3-12-31(13-4-1)36-18-11-21-47-48(36)41-30-35(24-27-46(41)51-47)50-43-20-10-8-17-38(43)40-29-33(23-26-45(40)50)32-22-25-44-39(28-32)37-16-7-9-19-42(37)49(44)34-14-5-2-6-15-34/h1-30H/i1D,3D,4D,8D,10D,12D,13D,17D,20D,23D,26D,29D. The summed E-state index contributed by atoms with van der Waals surface area (Å²) in [6.07, 6.45) is 0. The van der Waals surface area contributed by atoms with E-state index in [1.54, 1.807) is 36.4 Å². The van der Waals surface area contributed by atoms with Crippen molar-refractivity contribution in [3.8, 4) is 33.6 Å². The third-order valence-electron chi connectivity index (χ3n) is 9.64. The zero-order valence-corrected chi connectivity index (χ0v) is 26.7. The van der Waals surface area contributed by atoms with Crippen LogP contribution < -0.4 is 0 Å². The summed E-state index contributed by atoms with van der Waals surface area (Å²) in [6, 6.07) is 28.7. The van der Waals surface area contributed by atoms with E-state index >= 15 is 0 Å². The lowest BCUT2D eigenvalue weighted by Gasteiger charge is -2.10. The van der Waals surface area contributed by atoms with Crippen molar-refractivity contribution in [3.05, 3.63) is 182 Å². The number of benzene rings is 8. The second-order valence-electron chi connectivity index (χ2n) is 12.4. The van der Waals surface area contributed by atoms with Crippen molar-refractivity contribution in [1.29, 1.82) is 0 Å². The topological polar surface area (TPSA) is 23.0 Å². The molecule has 238 valence electrons. The molecular weight excluding hydrogens is 621 g/mol. The minimum absolute atomic E-state index is 0.00827. The summed E-state index contributed by atoms with van der Waals surface area (Å²) >= 11 is 0. The smallest absolute Gasteiger partial charge is 0.136 e. The number of aromatic nitrogens is 2. The van der Waals surface area contributed by atoms with E-state index in [-0.39, 0.29) is 63.1 Å². The Hall–Kier alpha value is -6.84. The van der Waals surface area contributed by atoms with Gasteiger partial charge in [-0.2, -0.15) is 0 Å². The van der Waals surface area contributed by atoms with Gasteiger partial charge in [0.25, 0.3) is 0 Å². The predicted octanol–water partition coefficient (Wildman–Crippen LogP) is 13.1. The van der Waals surface area contributed by atoms with Crippen LogP contribution in [-0.2, 0) is 0 Å². The monoisotopic (exact) mass is 662 g/mol. The Balaban J connectivity index is 1.21. The minimum atomic E-state index is -0.524. The van der Waals surface area contributed by atoms with Crippen LogP contribution >= 0.6 is 0 Å². The number of hydrogen-bond acceptors (Lipinski definition) is 1. The van der Waals surface area contributed by atoms with Crippen molar-refractivity contribution in [1.82, 2.24) is 9.13 Å². The highest BCUT2D eigenvalue weighted by molar-refractivity contribution is 6.15. The highest BCUT2D eigenvalue weighted by Gasteiger charge is 2.18. The minimum Gasteiger partial charge on any atom is -0.456 e. The Morgan fingerprint density at radius 3 is 2.12 bits per heavy atom. The molecule has 11 aromatic rings. The summed E-state index contributed by atoms with van der Waals surface area (Å²) in [6.45, 7) is 0. The van der Waals surface area contributed by atoms with Gasteiger partial charge in [0.2, 0.25) is 0 Å². The molecule has 11 rings (SSSR count). The van der Waals surface area contributed by atoms with Crippen LogP contribution in [0.3, 0.4) is 0 Å². The fraction of sp³-hybridized carbons (Fsp3) is 0. The maximum absolute atomic E-state index is 9.83. The summed E-state index contributed by atoms with van der Waals surface area (Å²) in [4.78, 5) is 0. The van der Waals surface area contributed by atoms with E-state index in [2.05, 4.69) is 4.57 Å². The first kappa shape index (κ1) is 18.8. The van der Waals surface area contributed by atoms with Gasteiger partial charge in [-0.3, -0.25) is 0 Å². The molecule has 0 unspecified atom stereocenters. The molecule has 3 aromatic heterocycles. The van der Waals surface area contributed by atoms with Crippen LogP contribution in [-0.4, -0.2) is 9.13 Å². The van der Waals surface area contributed by atoms with Crippen molar-refractivity contribution in [2.45, 2.75) is 0 Å². The summed E-state index contributed by atoms with van der Waals surface area (Å²) in [7, 11) is 0.